The highest BCUT2D eigenvalue weighted by Gasteiger charge is 2.20. The Balaban J connectivity index is 1.96. The van der Waals surface area contributed by atoms with E-state index in [1.807, 2.05) is 11.3 Å². The second-order valence-electron chi connectivity index (χ2n) is 6.50. The van der Waals surface area contributed by atoms with Crippen LogP contribution in [-0.2, 0) is 5.41 Å². The Labute approximate surface area is 119 Å². The van der Waals surface area contributed by atoms with Gasteiger partial charge in [0, 0.05) is 11.5 Å². The zero-order chi connectivity index (χ0) is 13.5. The summed E-state index contributed by atoms with van der Waals surface area (Å²) in [6.07, 6.45) is 3.89. The van der Waals surface area contributed by atoms with Gasteiger partial charge in [-0.3, -0.25) is 0 Å². The van der Waals surface area contributed by atoms with Crippen molar-refractivity contribution in [1.29, 1.82) is 0 Å². The van der Waals surface area contributed by atoms with E-state index in [1.54, 1.807) is 0 Å². The summed E-state index contributed by atoms with van der Waals surface area (Å²) in [7, 11) is 0. The fourth-order valence-corrected chi connectivity index (χ4v) is 3.62. The van der Waals surface area contributed by atoms with E-state index in [9.17, 15) is 0 Å². The van der Waals surface area contributed by atoms with E-state index in [0.29, 0.717) is 6.04 Å². The Bertz CT molecular complexity index is 574. The number of fused-ring (bicyclic) bond motifs is 1. The van der Waals surface area contributed by atoms with Crippen molar-refractivity contribution >= 4 is 21.6 Å². The molecule has 19 heavy (non-hydrogen) atoms. The van der Waals surface area contributed by atoms with Crippen LogP contribution in [0.3, 0.4) is 0 Å². The first-order chi connectivity index (χ1) is 9.04. The van der Waals surface area contributed by atoms with Gasteiger partial charge in [0.05, 0.1) is 15.2 Å². The number of thiazole rings is 1. The summed E-state index contributed by atoms with van der Waals surface area (Å²) >= 11 is 1.83. The Morgan fingerprint density at radius 3 is 2.79 bits per heavy atom. The Morgan fingerprint density at radius 2 is 2.11 bits per heavy atom. The topological polar surface area (TPSA) is 24.9 Å². The second-order valence-corrected chi connectivity index (χ2v) is 7.53. The summed E-state index contributed by atoms with van der Waals surface area (Å²) in [5.74, 6) is 0. The van der Waals surface area contributed by atoms with Crippen LogP contribution in [0.5, 0.6) is 0 Å². The largest absolute Gasteiger partial charge is 0.310 e. The predicted octanol–water partition coefficient (Wildman–Crippen LogP) is 4.41. The van der Waals surface area contributed by atoms with E-state index in [4.69, 9.17) is 4.98 Å². The summed E-state index contributed by atoms with van der Waals surface area (Å²) in [6, 6.07) is 7.33. The third-order valence-corrected chi connectivity index (χ3v) is 5.23. The lowest BCUT2D eigenvalue weighted by Crippen LogP contribution is -2.26. The lowest BCUT2D eigenvalue weighted by molar-refractivity contribution is 0.412. The summed E-state index contributed by atoms with van der Waals surface area (Å²) in [5, 5.41) is 4.85. The average Bonchev–Trinajstić information content (AvgIpc) is 2.82. The van der Waals surface area contributed by atoms with E-state index in [-0.39, 0.29) is 5.41 Å². The van der Waals surface area contributed by atoms with Crippen LogP contribution in [0.25, 0.3) is 10.2 Å². The molecule has 1 unspecified atom stereocenters. The van der Waals surface area contributed by atoms with Crippen molar-refractivity contribution in [2.75, 3.05) is 6.54 Å². The van der Waals surface area contributed by atoms with Gasteiger partial charge in [0.1, 0.15) is 0 Å². The lowest BCUT2D eigenvalue weighted by Gasteiger charge is -2.23. The monoisotopic (exact) mass is 274 g/mol. The zero-order valence-electron chi connectivity index (χ0n) is 12.0. The van der Waals surface area contributed by atoms with E-state index in [0.717, 1.165) is 6.54 Å². The molecule has 2 aromatic rings. The fraction of sp³-hybridized carbons (Fsp3) is 0.562. The zero-order valence-corrected chi connectivity index (χ0v) is 12.8. The highest BCUT2D eigenvalue weighted by molar-refractivity contribution is 7.18. The molecule has 2 heterocycles. The molecule has 0 radical (unpaired) electrons. The van der Waals surface area contributed by atoms with Gasteiger partial charge in [-0.1, -0.05) is 33.3 Å². The summed E-state index contributed by atoms with van der Waals surface area (Å²) in [4.78, 5) is 4.83. The van der Waals surface area contributed by atoms with Crippen molar-refractivity contribution < 1.29 is 0 Å². The van der Waals surface area contributed by atoms with Crippen molar-refractivity contribution in [3.05, 3.63) is 28.8 Å². The van der Waals surface area contributed by atoms with Crippen LogP contribution in [0.2, 0.25) is 0 Å². The number of rotatable bonds is 1. The molecule has 3 rings (SSSR count). The van der Waals surface area contributed by atoms with Crippen molar-refractivity contribution in [1.82, 2.24) is 10.3 Å². The van der Waals surface area contributed by atoms with Crippen LogP contribution in [0.4, 0.5) is 0 Å². The highest BCUT2D eigenvalue weighted by atomic mass is 32.1. The molecule has 1 aliphatic heterocycles. The van der Waals surface area contributed by atoms with E-state index in [2.05, 4.69) is 44.3 Å². The van der Waals surface area contributed by atoms with E-state index < -0.39 is 0 Å². The molecule has 0 bridgehead atoms. The lowest BCUT2D eigenvalue weighted by atomic mass is 9.97. The molecule has 3 heteroatoms. The standard InChI is InChI=1S/C16H22N2S/c1-16(2,3)15-18-13-10-11(7-8-14(13)19-15)12-6-4-5-9-17-12/h7-8,10,12,17H,4-6,9H2,1-3H3. The number of hydrogen-bond acceptors (Lipinski definition) is 3. The summed E-state index contributed by atoms with van der Waals surface area (Å²) < 4.78 is 1.31. The van der Waals surface area contributed by atoms with Gasteiger partial charge >= 0.3 is 0 Å². The molecular weight excluding hydrogens is 252 g/mol. The molecule has 1 atom stereocenters. The van der Waals surface area contributed by atoms with Gasteiger partial charge in [0.15, 0.2) is 0 Å². The maximum Gasteiger partial charge on any atom is 0.0992 e. The number of nitrogens with one attached hydrogen (secondary N) is 1. The predicted molar refractivity (Wildman–Crippen MR) is 82.9 cm³/mol. The van der Waals surface area contributed by atoms with Crippen LogP contribution in [0, 0.1) is 0 Å². The minimum atomic E-state index is 0.146. The molecule has 0 aliphatic carbocycles. The Morgan fingerprint density at radius 1 is 1.26 bits per heavy atom. The molecule has 0 saturated carbocycles. The van der Waals surface area contributed by atoms with Crippen LogP contribution in [-0.4, -0.2) is 11.5 Å². The van der Waals surface area contributed by atoms with Crippen molar-refractivity contribution in [3.8, 4) is 0 Å². The minimum Gasteiger partial charge on any atom is -0.310 e. The molecular formula is C16H22N2S. The molecule has 1 aliphatic rings. The van der Waals surface area contributed by atoms with Gasteiger partial charge in [-0.2, -0.15) is 0 Å². The van der Waals surface area contributed by atoms with Gasteiger partial charge in [0.2, 0.25) is 0 Å². The molecule has 0 spiro atoms. The fourth-order valence-electron chi connectivity index (χ4n) is 2.62. The van der Waals surface area contributed by atoms with Gasteiger partial charge < -0.3 is 5.32 Å². The normalized spacial score (nSPS) is 20.9. The maximum atomic E-state index is 4.83. The third kappa shape index (κ3) is 2.67. The minimum absolute atomic E-state index is 0.146. The molecule has 1 saturated heterocycles. The first-order valence-corrected chi connectivity index (χ1v) is 8.00. The Hall–Kier alpha value is -0.930. The number of piperidine rings is 1. The van der Waals surface area contributed by atoms with E-state index in [1.165, 1.54) is 40.1 Å². The Kier molecular flexibility index (Phi) is 3.35. The smallest absolute Gasteiger partial charge is 0.0992 e. The number of aromatic nitrogens is 1. The quantitative estimate of drug-likeness (QED) is 0.833. The van der Waals surface area contributed by atoms with Crippen LogP contribution < -0.4 is 5.32 Å². The van der Waals surface area contributed by atoms with Crippen molar-refractivity contribution in [2.24, 2.45) is 0 Å². The van der Waals surface area contributed by atoms with Crippen LogP contribution in [0.1, 0.15) is 56.6 Å². The SMILES string of the molecule is CC(C)(C)c1nc2cc(C3CCCCN3)ccc2s1. The van der Waals surface area contributed by atoms with Crippen molar-refractivity contribution in [3.63, 3.8) is 0 Å². The number of hydrogen-bond donors (Lipinski definition) is 1. The molecule has 1 aromatic heterocycles. The van der Waals surface area contributed by atoms with Crippen LogP contribution in [0.15, 0.2) is 18.2 Å². The highest BCUT2D eigenvalue weighted by Crippen LogP contribution is 2.33. The first-order valence-electron chi connectivity index (χ1n) is 7.18. The molecule has 0 amide bonds. The third-order valence-electron chi connectivity index (χ3n) is 3.77. The summed E-state index contributed by atoms with van der Waals surface area (Å²) in [6.45, 7) is 7.84. The molecule has 1 N–H and O–H groups in total. The number of nitrogens with zero attached hydrogens (tertiary/aromatic N) is 1. The summed E-state index contributed by atoms with van der Waals surface area (Å²) in [5.41, 5.74) is 2.71. The molecule has 1 aromatic carbocycles. The molecule has 1 fully saturated rings. The molecule has 2 nitrogen and oxygen atoms in total. The van der Waals surface area contributed by atoms with Gasteiger partial charge in [0.25, 0.3) is 0 Å². The van der Waals surface area contributed by atoms with E-state index >= 15 is 0 Å². The average molecular weight is 274 g/mol. The molecule has 102 valence electrons. The first kappa shape index (κ1) is 13.1. The van der Waals surface area contributed by atoms with Crippen LogP contribution >= 0.6 is 11.3 Å². The maximum absolute atomic E-state index is 4.83. The van der Waals surface area contributed by atoms with Gasteiger partial charge in [-0.25, -0.2) is 4.98 Å². The van der Waals surface area contributed by atoms with Gasteiger partial charge in [-0.05, 0) is 37.1 Å². The van der Waals surface area contributed by atoms with Gasteiger partial charge in [-0.15, -0.1) is 11.3 Å². The number of benzene rings is 1. The second kappa shape index (κ2) is 4.88. The van der Waals surface area contributed by atoms with Crippen molar-refractivity contribution in [2.45, 2.75) is 51.5 Å².